The van der Waals surface area contributed by atoms with Crippen molar-refractivity contribution in [3.63, 3.8) is 0 Å². The summed E-state index contributed by atoms with van der Waals surface area (Å²) in [6, 6.07) is 15.8. The number of carboxylic acid groups (broad SMARTS) is 1. The number of carbonyl (C=O) groups is 2. The van der Waals surface area contributed by atoms with Gasteiger partial charge in [0.15, 0.2) is 0 Å². The monoisotopic (exact) mass is 361 g/mol. The van der Waals surface area contributed by atoms with Gasteiger partial charge in [-0.3, -0.25) is 9.78 Å². The van der Waals surface area contributed by atoms with Crippen LogP contribution in [-0.2, 0) is 0 Å². The molecule has 0 saturated heterocycles. The molecule has 4 rings (SSSR count). The Bertz CT molecular complexity index is 1190. The van der Waals surface area contributed by atoms with Crippen LogP contribution in [0.15, 0.2) is 66.9 Å². The molecule has 0 unspecified atom stereocenters. The molecule has 2 aromatic heterocycles. The van der Waals surface area contributed by atoms with Crippen LogP contribution in [-0.4, -0.2) is 31.7 Å². The highest BCUT2D eigenvalue weighted by molar-refractivity contribution is 6.03. The van der Waals surface area contributed by atoms with Gasteiger partial charge in [0.25, 0.3) is 5.91 Å². The van der Waals surface area contributed by atoms with Crippen LogP contribution in [0.2, 0.25) is 0 Å². The van der Waals surface area contributed by atoms with E-state index in [0.717, 1.165) is 6.07 Å². The predicted octanol–water partition coefficient (Wildman–Crippen LogP) is 3.62. The van der Waals surface area contributed by atoms with Gasteiger partial charge in [0.1, 0.15) is 17.2 Å². The Labute approximate surface area is 152 Å². The van der Waals surface area contributed by atoms with Crippen molar-refractivity contribution >= 4 is 22.8 Å². The normalized spacial score (nSPS) is 10.9. The molecule has 7 heteroatoms. The summed E-state index contributed by atoms with van der Waals surface area (Å²) in [6.45, 7) is 0. The van der Waals surface area contributed by atoms with Crippen LogP contribution in [0, 0.1) is 5.82 Å². The van der Waals surface area contributed by atoms with E-state index in [1.165, 1.54) is 23.0 Å². The number of hydrogen-bond acceptors (Lipinski definition) is 4. The topological polar surface area (TPSA) is 85.1 Å². The molecular formula is C20H12FN3O3. The SMILES string of the molecule is O=C(O)c1ccc(-c2nn(C(=O)c3ccccn3)c3ccccc23)cc1F. The fraction of sp³-hybridized carbons (Fsp3) is 0. The summed E-state index contributed by atoms with van der Waals surface area (Å²) in [4.78, 5) is 27.9. The van der Waals surface area contributed by atoms with Crippen molar-refractivity contribution in [2.75, 3.05) is 0 Å². The van der Waals surface area contributed by atoms with Crippen molar-refractivity contribution in [2.45, 2.75) is 0 Å². The number of carbonyl (C=O) groups excluding carboxylic acids is 1. The maximum atomic E-state index is 14.1. The zero-order valence-corrected chi connectivity index (χ0v) is 13.8. The summed E-state index contributed by atoms with van der Waals surface area (Å²) in [5, 5.41) is 14.0. The highest BCUT2D eigenvalue weighted by Crippen LogP contribution is 2.29. The standard InChI is InChI=1S/C20H12FN3O3/c21-15-11-12(8-9-13(15)20(26)27)18-14-5-1-2-7-17(14)24(23-18)19(25)16-6-3-4-10-22-16/h1-11H,(H,26,27). The lowest BCUT2D eigenvalue weighted by atomic mass is 10.1. The third kappa shape index (κ3) is 2.85. The molecule has 0 bridgehead atoms. The van der Waals surface area contributed by atoms with E-state index in [4.69, 9.17) is 5.11 Å². The van der Waals surface area contributed by atoms with Gasteiger partial charge in [0.2, 0.25) is 0 Å². The Morgan fingerprint density at radius 1 is 1.00 bits per heavy atom. The Morgan fingerprint density at radius 3 is 2.48 bits per heavy atom. The predicted molar refractivity (Wildman–Crippen MR) is 96.1 cm³/mol. The first-order valence-corrected chi connectivity index (χ1v) is 8.03. The molecule has 0 amide bonds. The third-order valence-corrected chi connectivity index (χ3v) is 4.14. The summed E-state index contributed by atoms with van der Waals surface area (Å²) in [5.41, 5.74) is 1.11. The summed E-state index contributed by atoms with van der Waals surface area (Å²) < 4.78 is 15.3. The number of aromatic nitrogens is 3. The number of benzene rings is 2. The van der Waals surface area contributed by atoms with E-state index in [-0.39, 0.29) is 5.69 Å². The first-order valence-electron chi connectivity index (χ1n) is 8.03. The number of aromatic carboxylic acids is 1. The Kier molecular flexibility index (Phi) is 3.97. The highest BCUT2D eigenvalue weighted by Gasteiger charge is 2.20. The molecule has 0 saturated carbocycles. The van der Waals surface area contributed by atoms with Crippen molar-refractivity contribution < 1.29 is 19.1 Å². The number of halogens is 1. The fourth-order valence-electron chi connectivity index (χ4n) is 2.87. The number of rotatable bonds is 3. The highest BCUT2D eigenvalue weighted by atomic mass is 19.1. The molecule has 2 aromatic carbocycles. The number of nitrogens with zero attached hydrogens (tertiary/aromatic N) is 3. The number of para-hydroxylation sites is 1. The van der Waals surface area contributed by atoms with Crippen LogP contribution < -0.4 is 0 Å². The molecule has 0 aliphatic carbocycles. The molecule has 132 valence electrons. The van der Waals surface area contributed by atoms with Gasteiger partial charge in [0.05, 0.1) is 11.1 Å². The molecule has 0 fully saturated rings. The molecule has 4 aromatic rings. The van der Waals surface area contributed by atoms with E-state index in [0.29, 0.717) is 22.2 Å². The van der Waals surface area contributed by atoms with Crippen LogP contribution in [0.4, 0.5) is 4.39 Å². The molecule has 0 aliphatic heterocycles. The van der Waals surface area contributed by atoms with E-state index < -0.39 is 23.3 Å². The van der Waals surface area contributed by atoms with Gasteiger partial charge in [-0.2, -0.15) is 9.78 Å². The maximum Gasteiger partial charge on any atom is 0.338 e. The molecular weight excluding hydrogens is 349 g/mol. The average molecular weight is 361 g/mol. The smallest absolute Gasteiger partial charge is 0.338 e. The van der Waals surface area contributed by atoms with Gasteiger partial charge in [-0.05, 0) is 30.3 Å². The summed E-state index contributed by atoms with van der Waals surface area (Å²) in [5.74, 6) is -2.63. The zero-order valence-electron chi connectivity index (χ0n) is 13.8. The molecule has 27 heavy (non-hydrogen) atoms. The van der Waals surface area contributed by atoms with Crippen LogP contribution in [0.1, 0.15) is 20.8 Å². The number of fused-ring (bicyclic) bond motifs is 1. The van der Waals surface area contributed by atoms with Gasteiger partial charge >= 0.3 is 5.97 Å². The summed E-state index contributed by atoms with van der Waals surface area (Å²) in [7, 11) is 0. The van der Waals surface area contributed by atoms with E-state index in [2.05, 4.69) is 10.1 Å². The van der Waals surface area contributed by atoms with Crippen LogP contribution >= 0.6 is 0 Å². The minimum absolute atomic E-state index is 0.227. The van der Waals surface area contributed by atoms with Crippen LogP contribution in [0.3, 0.4) is 0 Å². The average Bonchev–Trinajstić information content (AvgIpc) is 3.07. The first kappa shape index (κ1) is 16.6. The zero-order chi connectivity index (χ0) is 19.0. The van der Waals surface area contributed by atoms with Crippen molar-refractivity contribution in [3.8, 4) is 11.3 Å². The Balaban J connectivity index is 1.90. The van der Waals surface area contributed by atoms with E-state index in [1.54, 1.807) is 42.5 Å². The lowest BCUT2D eigenvalue weighted by Crippen LogP contribution is -2.14. The van der Waals surface area contributed by atoms with E-state index >= 15 is 0 Å². The van der Waals surface area contributed by atoms with Crippen molar-refractivity contribution in [1.29, 1.82) is 0 Å². The fourth-order valence-corrected chi connectivity index (χ4v) is 2.87. The quantitative estimate of drug-likeness (QED) is 0.602. The van der Waals surface area contributed by atoms with Crippen molar-refractivity contribution in [2.24, 2.45) is 0 Å². The van der Waals surface area contributed by atoms with Gasteiger partial charge in [0, 0.05) is 17.1 Å². The summed E-state index contributed by atoms with van der Waals surface area (Å²) >= 11 is 0. The first-order chi connectivity index (χ1) is 13.1. The van der Waals surface area contributed by atoms with Gasteiger partial charge in [-0.1, -0.05) is 30.3 Å². The number of pyridine rings is 1. The lowest BCUT2D eigenvalue weighted by Gasteiger charge is -2.02. The molecule has 0 spiro atoms. The second-order valence-corrected chi connectivity index (χ2v) is 5.80. The molecule has 2 heterocycles. The van der Waals surface area contributed by atoms with Gasteiger partial charge in [-0.15, -0.1) is 0 Å². The molecule has 0 radical (unpaired) electrons. The summed E-state index contributed by atoms with van der Waals surface area (Å²) in [6.07, 6.45) is 1.51. The third-order valence-electron chi connectivity index (χ3n) is 4.14. The molecule has 0 atom stereocenters. The minimum atomic E-state index is -1.35. The van der Waals surface area contributed by atoms with Crippen molar-refractivity contribution in [1.82, 2.24) is 14.8 Å². The lowest BCUT2D eigenvalue weighted by molar-refractivity contribution is 0.0691. The second kappa shape index (κ2) is 6.45. The molecule has 1 N–H and O–H groups in total. The van der Waals surface area contributed by atoms with Gasteiger partial charge < -0.3 is 5.11 Å². The minimum Gasteiger partial charge on any atom is -0.478 e. The van der Waals surface area contributed by atoms with E-state index in [1.807, 2.05) is 0 Å². The maximum absolute atomic E-state index is 14.1. The second-order valence-electron chi connectivity index (χ2n) is 5.80. The van der Waals surface area contributed by atoms with E-state index in [9.17, 15) is 14.0 Å². The number of hydrogen-bond donors (Lipinski definition) is 1. The molecule has 6 nitrogen and oxygen atoms in total. The van der Waals surface area contributed by atoms with Crippen molar-refractivity contribution in [3.05, 3.63) is 83.9 Å². The largest absolute Gasteiger partial charge is 0.478 e. The van der Waals surface area contributed by atoms with Crippen LogP contribution in [0.25, 0.3) is 22.2 Å². The molecule has 0 aliphatic rings. The Morgan fingerprint density at radius 2 is 1.78 bits per heavy atom. The van der Waals surface area contributed by atoms with Crippen LogP contribution in [0.5, 0.6) is 0 Å². The van der Waals surface area contributed by atoms with Gasteiger partial charge in [-0.25, -0.2) is 9.18 Å². The number of carboxylic acids is 1. The Hall–Kier alpha value is -3.87.